The third-order valence-corrected chi connectivity index (χ3v) is 3.46. The van der Waals surface area contributed by atoms with Crippen molar-refractivity contribution in [3.05, 3.63) is 30.0 Å². The van der Waals surface area contributed by atoms with Crippen LogP contribution >= 0.6 is 0 Å². The molecule has 1 unspecified atom stereocenters. The number of esters is 1. The van der Waals surface area contributed by atoms with Gasteiger partial charge in [-0.2, -0.15) is 0 Å². The number of nitrogens with one attached hydrogen (secondary N) is 1. The molecule has 1 aromatic carbocycles. The van der Waals surface area contributed by atoms with E-state index < -0.39 is 5.97 Å². The zero-order chi connectivity index (χ0) is 15.2. The minimum atomic E-state index is -0.442. The van der Waals surface area contributed by atoms with Gasteiger partial charge in [0.1, 0.15) is 0 Å². The highest BCUT2D eigenvalue weighted by molar-refractivity contribution is 6.03. The summed E-state index contributed by atoms with van der Waals surface area (Å²) in [4.78, 5) is 12.1. The van der Waals surface area contributed by atoms with E-state index in [1.165, 1.54) is 0 Å². The number of aromatic nitrogens is 2. The first kappa shape index (κ1) is 15.2. The number of rotatable bonds is 6. The Morgan fingerprint density at radius 3 is 2.76 bits per heavy atom. The summed E-state index contributed by atoms with van der Waals surface area (Å²) in [5.74, 6) is 0.0642. The second kappa shape index (κ2) is 7.02. The van der Waals surface area contributed by atoms with Crippen molar-refractivity contribution in [1.29, 1.82) is 0 Å². The molecule has 0 radical (unpaired) electrons. The predicted octanol–water partition coefficient (Wildman–Crippen LogP) is 3.26. The van der Waals surface area contributed by atoms with Gasteiger partial charge in [-0.05, 0) is 18.9 Å². The van der Waals surface area contributed by atoms with Crippen molar-refractivity contribution in [3.8, 4) is 0 Å². The molecule has 21 heavy (non-hydrogen) atoms. The highest BCUT2D eigenvalue weighted by Gasteiger charge is 2.18. The average Bonchev–Trinajstić information content (AvgIpc) is 2.52. The molecule has 0 fully saturated rings. The van der Waals surface area contributed by atoms with E-state index in [4.69, 9.17) is 4.74 Å². The third-order valence-electron chi connectivity index (χ3n) is 3.46. The number of hydrogen-bond donors (Lipinski definition) is 1. The zero-order valence-electron chi connectivity index (χ0n) is 12.7. The summed E-state index contributed by atoms with van der Waals surface area (Å²) >= 11 is 0. The average molecular weight is 287 g/mol. The topological polar surface area (TPSA) is 64.1 Å². The van der Waals surface area contributed by atoms with Crippen LogP contribution in [0.4, 0.5) is 5.69 Å². The number of benzene rings is 1. The van der Waals surface area contributed by atoms with Crippen molar-refractivity contribution < 1.29 is 9.53 Å². The van der Waals surface area contributed by atoms with E-state index in [0.717, 1.165) is 23.9 Å². The Kier molecular flexibility index (Phi) is 5.09. The molecule has 2 rings (SSSR count). The van der Waals surface area contributed by atoms with Gasteiger partial charge in [-0.25, -0.2) is 4.79 Å². The number of carbonyl (C=O) groups is 1. The van der Waals surface area contributed by atoms with Gasteiger partial charge in [0.05, 0.1) is 17.8 Å². The van der Waals surface area contributed by atoms with Crippen LogP contribution in [-0.2, 0) is 4.74 Å². The van der Waals surface area contributed by atoms with Crippen molar-refractivity contribution in [2.45, 2.75) is 27.2 Å². The van der Waals surface area contributed by atoms with E-state index in [0.29, 0.717) is 18.2 Å². The van der Waals surface area contributed by atoms with Gasteiger partial charge >= 0.3 is 5.97 Å². The van der Waals surface area contributed by atoms with Crippen molar-refractivity contribution in [2.75, 3.05) is 18.5 Å². The molecule has 2 aromatic rings. The quantitative estimate of drug-likeness (QED) is 0.826. The summed E-state index contributed by atoms with van der Waals surface area (Å²) in [6.45, 7) is 7.17. The lowest BCUT2D eigenvalue weighted by atomic mass is 10.1. The van der Waals surface area contributed by atoms with Gasteiger partial charge in [-0.3, -0.25) is 0 Å². The van der Waals surface area contributed by atoms with E-state index in [1.54, 1.807) is 6.92 Å². The van der Waals surface area contributed by atoms with Crippen LogP contribution in [0.1, 0.15) is 37.7 Å². The highest BCUT2D eigenvalue weighted by Crippen LogP contribution is 2.25. The second-order valence-corrected chi connectivity index (χ2v) is 5.06. The number of anilines is 1. The van der Waals surface area contributed by atoms with Crippen LogP contribution in [0.25, 0.3) is 10.9 Å². The molecule has 0 aliphatic rings. The first-order valence-electron chi connectivity index (χ1n) is 7.33. The summed E-state index contributed by atoms with van der Waals surface area (Å²) in [7, 11) is 0. The van der Waals surface area contributed by atoms with Crippen LogP contribution in [0.2, 0.25) is 0 Å². The molecule has 1 heterocycles. The minimum absolute atomic E-state index is 0.249. The number of nitrogens with zero attached hydrogens (tertiary/aromatic N) is 2. The van der Waals surface area contributed by atoms with Gasteiger partial charge in [0.15, 0.2) is 5.69 Å². The Hall–Kier alpha value is -2.17. The van der Waals surface area contributed by atoms with Gasteiger partial charge in [0, 0.05) is 11.9 Å². The van der Waals surface area contributed by atoms with Crippen LogP contribution in [0.5, 0.6) is 0 Å². The number of fused-ring (bicyclic) bond motifs is 1. The van der Waals surface area contributed by atoms with Crippen LogP contribution < -0.4 is 5.32 Å². The number of hydrogen-bond acceptors (Lipinski definition) is 5. The Morgan fingerprint density at radius 2 is 2.05 bits per heavy atom. The predicted molar refractivity (Wildman–Crippen MR) is 83.4 cm³/mol. The van der Waals surface area contributed by atoms with Crippen molar-refractivity contribution >= 4 is 22.6 Å². The fourth-order valence-electron chi connectivity index (χ4n) is 2.00. The first-order chi connectivity index (χ1) is 10.2. The largest absolute Gasteiger partial charge is 0.461 e. The first-order valence-corrected chi connectivity index (χ1v) is 7.33. The molecular weight excluding hydrogens is 266 g/mol. The molecule has 0 aliphatic heterocycles. The summed E-state index contributed by atoms with van der Waals surface area (Å²) in [5.41, 5.74) is 1.72. The number of carbonyl (C=O) groups excluding carboxylic acids is 1. The highest BCUT2D eigenvalue weighted by atomic mass is 16.5. The minimum Gasteiger partial charge on any atom is -0.461 e. The maximum absolute atomic E-state index is 12.1. The molecule has 1 N–H and O–H groups in total. The van der Waals surface area contributed by atoms with Crippen LogP contribution in [0, 0.1) is 5.92 Å². The van der Waals surface area contributed by atoms with Gasteiger partial charge in [0.2, 0.25) is 0 Å². The summed E-state index contributed by atoms with van der Waals surface area (Å²) < 4.78 is 5.07. The standard InChI is InChI=1S/C16H21N3O2/c1-4-11(3)10-17-14-12-8-6-7-9-13(12)18-19-15(14)16(20)21-5-2/h6-9,11H,4-5,10H2,1-3H3,(H,17,18). The maximum Gasteiger partial charge on any atom is 0.361 e. The van der Waals surface area contributed by atoms with Gasteiger partial charge in [0.25, 0.3) is 0 Å². The Morgan fingerprint density at radius 1 is 1.29 bits per heavy atom. The Balaban J connectivity index is 2.44. The molecule has 0 saturated heterocycles. The monoisotopic (exact) mass is 287 g/mol. The van der Waals surface area contributed by atoms with E-state index >= 15 is 0 Å². The lowest BCUT2D eigenvalue weighted by molar-refractivity contribution is 0.0519. The second-order valence-electron chi connectivity index (χ2n) is 5.06. The van der Waals surface area contributed by atoms with Gasteiger partial charge in [-0.15, -0.1) is 10.2 Å². The molecule has 0 spiro atoms. The smallest absolute Gasteiger partial charge is 0.361 e. The lowest BCUT2D eigenvalue weighted by Crippen LogP contribution is -2.17. The van der Waals surface area contributed by atoms with Crippen LogP contribution in [-0.4, -0.2) is 29.3 Å². The molecule has 1 atom stereocenters. The molecule has 112 valence electrons. The molecular formula is C16H21N3O2. The maximum atomic E-state index is 12.1. The van der Waals surface area contributed by atoms with E-state index in [1.807, 2.05) is 24.3 Å². The van der Waals surface area contributed by atoms with Crippen molar-refractivity contribution in [1.82, 2.24) is 10.2 Å². The fourth-order valence-corrected chi connectivity index (χ4v) is 2.00. The van der Waals surface area contributed by atoms with Gasteiger partial charge < -0.3 is 10.1 Å². The molecule has 5 heteroatoms. The Bertz CT molecular complexity index is 628. The summed E-state index contributed by atoms with van der Waals surface area (Å²) in [6, 6.07) is 7.64. The molecule has 5 nitrogen and oxygen atoms in total. The van der Waals surface area contributed by atoms with Crippen LogP contribution in [0.3, 0.4) is 0 Å². The molecule has 1 aromatic heterocycles. The lowest BCUT2D eigenvalue weighted by Gasteiger charge is -2.15. The zero-order valence-corrected chi connectivity index (χ0v) is 12.7. The molecule has 0 aliphatic carbocycles. The summed E-state index contributed by atoms with van der Waals surface area (Å²) in [5, 5.41) is 12.4. The van der Waals surface area contributed by atoms with Gasteiger partial charge in [-0.1, -0.05) is 38.5 Å². The molecule has 0 bridgehead atoms. The SMILES string of the molecule is CCOC(=O)c1nnc2ccccc2c1NCC(C)CC. The molecule has 0 amide bonds. The Labute approximate surface area is 124 Å². The van der Waals surface area contributed by atoms with Crippen LogP contribution in [0.15, 0.2) is 24.3 Å². The van der Waals surface area contributed by atoms with E-state index in [9.17, 15) is 4.79 Å². The number of ether oxygens (including phenoxy) is 1. The summed E-state index contributed by atoms with van der Waals surface area (Å²) in [6.07, 6.45) is 1.07. The fraction of sp³-hybridized carbons (Fsp3) is 0.438. The molecule has 0 saturated carbocycles. The third kappa shape index (κ3) is 3.48. The van der Waals surface area contributed by atoms with Crippen molar-refractivity contribution in [2.24, 2.45) is 5.92 Å². The van der Waals surface area contributed by atoms with E-state index in [-0.39, 0.29) is 5.69 Å². The van der Waals surface area contributed by atoms with Crippen molar-refractivity contribution in [3.63, 3.8) is 0 Å². The van der Waals surface area contributed by atoms with E-state index in [2.05, 4.69) is 29.4 Å². The normalized spacial score (nSPS) is 12.1.